The Kier molecular flexibility index (Phi) is 4.74. The number of fused-ring (bicyclic) bond motifs is 1. The van der Waals surface area contributed by atoms with E-state index in [4.69, 9.17) is 9.47 Å². The van der Waals surface area contributed by atoms with Crippen molar-refractivity contribution in [1.82, 2.24) is 4.90 Å². The largest absolute Gasteiger partial charge is 0.497 e. The van der Waals surface area contributed by atoms with Gasteiger partial charge in [0.25, 0.3) is 0 Å². The van der Waals surface area contributed by atoms with Crippen LogP contribution in [0.15, 0.2) is 30.4 Å². The highest BCUT2D eigenvalue weighted by atomic mass is 16.5. The van der Waals surface area contributed by atoms with Crippen LogP contribution >= 0.6 is 0 Å². The number of benzene rings is 1. The number of imide groups is 1. The number of ether oxygens (including phenoxy) is 2. The number of likely N-dealkylation sites (tertiary alicyclic amines) is 1. The summed E-state index contributed by atoms with van der Waals surface area (Å²) < 4.78 is 10.3. The van der Waals surface area contributed by atoms with Crippen molar-refractivity contribution in [2.75, 3.05) is 26.1 Å². The van der Waals surface area contributed by atoms with Crippen LogP contribution in [0.25, 0.3) is 0 Å². The molecule has 0 bridgehead atoms. The number of carbonyl (C=O) groups is 3. The van der Waals surface area contributed by atoms with E-state index in [0.29, 0.717) is 30.0 Å². The molecular formula is C18H20N2O5. The summed E-state index contributed by atoms with van der Waals surface area (Å²) in [5.74, 6) is -0.619. The molecule has 2 unspecified atom stereocenters. The van der Waals surface area contributed by atoms with Crippen molar-refractivity contribution in [2.45, 2.75) is 12.8 Å². The van der Waals surface area contributed by atoms with E-state index in [1.165, 1.54) is 14.2 Å². The van der Waals surface area contributed by atoms with E-state index >= 15 is 0 Å². The van der Waals surface area contributed by atoms with Gasteiger partial charge in [0.1, 0.15) is 18.0 Å². The normalized spacial score (nSPS) is 21.9. The molecule has 7 heteroatoms. The van der Waals surface area contributed by atoms with Gasteiger partial charge < -0.3 is 14.8 Å². The third kappa shape index (κ3) is 3.22. The van der Waals surface area contributed by atoms with Crippen molar-refractivity contribution in [3.05, 3.63) is 30.4 Å². The number of amides is 3. The smallest absolute Gasteiger partial charge is 0.244 e. The molecule has 0 saturated carbocycles. The second kappa shape index (κ2) is 6.96. The third-order valence-corrected chi connectivity index (χ3v) is 4.58. The average Bonchev–Trinajstić information content (AvgIpc) is 2.87. The summed E-state index contributed by atoms with van der Waals surface area (Å²) in [6.45, 7) is -0.292. The summed E-state index contributed by atoms with van der Waals surface area (Å²) >= 11 is 0. The molecule has 1 heterocycles. The molecule has 3 amide bonds. The van der Waals surface area contributed by atoms with Crippen LogP contribution in [0.3, 0.4) is 0 Å². The minimum Gasteiger partial charge on any atom is -0.497 e. The van der Waals surface area contributed by atoms with Gasteiger partial charge in [-0.25, -0.2) is 0 Å². The predicted molar refractivity (Wildman–Crippen MR) is 90.2 cm³/mol. The molecule has 1 saturated heterocycles. The maximum absolute atomic E-state index is 12.4. The maximum atomic E-state index is 12.4. The zero-order valence-corrected chi connectivity index (χ0v) is 14.2. The minimum absolute atomic E-state index is 0.267. The van der Waals surface area contributed by atoms with E-state index in [0.717, 1.165) is 4.90 Å². The molecule has 1 fully saturated rings. The number of allylic oxidation sites excluding steroid dienone is 2. The quantitative estimate of drug-likeness (QED) is 0.648. The fourth-order valence-electron chi connectivity index (χ4n) is 3.26. The highest BCUT2D eigenvalue weighted by molar-refractivity contribution is 6.09. The average molecular weight is 344 g/mol. The van der Waals surface area contributed by atoms with Crippen LogP contribution in [0.4, 0.5) is 5.69 Å². The number of nitrogens with zero attached hydrogens (tertiary/aromatic N) is 1. The van der Waals surface area contributed by atoms with Gasteiger partial charge >= 0.3 is 0 Å². The van der Waals surface area contributed by atoms with Crippen LogP contribution in [0.5, 0.6) is 11.5 Å². The van der Waals surface area contributed by atoms with Crippen LogP contribution in [-0.4, -0.2) is 43.4 Å². The summed E-state index contributed by atoms with van der Waals surface area (Å²) in [4.78, 5) is 38.2. The second-order valence-corrected chi connectivity index (χ2v) is 6.03. The molecule has 2 atom stereocenters. The summed E-state index contributed by atoms with van der Waals surface area (Å²) in [6.07, 6.45) is 4.94. The maximum Gasteiger partial charge on any atom is 0.244 e. The van der Waals surface area contributed by atoms with Gasteiger partial charge in [-0.05, 0) is 25.0 Å². The van der Waals surface area contributed by atoms with E-state index in [2.05, 4.69) is 5.32 Å². The van der Waals surface area contributed by atoms with Gasteiger partial charge in [0, 0.05) is 6.07 Å². The van der Waals surface area contributed by atoms with Crippen molar-refractivity contribution in [1.29, 1.82) is 0 Å². The van der Waals surface area contributed by atoms with Crippen LogP contribution in [0.1, 0.15) is 12.8 Å². The monoisotopic (exact) mass is 344 g/mol. The molecule has 1 aliphatic carbocycles. The number of carbonyl (C=O) groups excluding carboxylic acids is 3. The lowest BCUT2D eigenvalue weighted by molar-refractivity contribution is -0.142. The first-order chi connectivity index (χ1) is 12.0. The van der Waals surface area contributed by atoms with E-state index in [-0.39, 0.29) is 30.2 Å². The van der Waals surface area contributed by atoms with Crippen LogP contribution < -0.4 is 14.8 Å². The Hall–Kier alpha value is -2.83. The summed E-state index contributed by atoms with van der Waals surface area (Å²) in [5.41, 5.74) is 0.450. The first-order valence-corrected chi connectivity index (χ1v) is 8.07. The predicted octanol–water partition coefficient (Wildman–Crippen LogP) is 1.59. The highest BCUT2D eigenvalue weighted by Gasteiger charge is 2.47. The Labute approximate surface area is 145 Å². The molecule has 1 N–H and O–H groups in total. The molecule has 3 rings (SSSR count). The second-order valence-electron chi connectivity index (χ2n) is 6.03. The van der Waals surface area contributed by atoms with Crippen molar-refractivity contribution < 1.29 is 23.9 Å². The number of anilines is 1. The van der Waals surface area contributed by atoms with Crippen LogP contribution in [-0.2, 0) is 14.4 Å². The Morgan fingerprint density at radius 2 is 1.76 bits per heavy atom. The lowest BCUT2D eigenvalue weighted by atomic mass is 9.85. The summed E-state index contributed by atoms with van der Waals surface area (Å²) in [6, 6.07) is 4.97. The Bertz CT molecular complexity index is 717. The van der Waals surface area contributed by atoms with Crippen LogP contribution in [0.2, 0.25) is 0 Å². The van der Waals surface area contributed by atoms with E-state index in [1.54, 1.807) is 18.2 Å². The van der Waals surface area contributed by atoms with Crippen molar-refractivity contribution >= 4 is 23.4 Å². The van der Waals surface area contributed by atoms with Crippen molar-refractivity contribution in [2.24, 2.45) is 11.8 Å². The van der Waals surface area contributed by atoms with Crippen molar-refractivity contribution in [3.63, 3.8) is 0 Å². The van der Waals surface area contributed by atoms with E-state index < -0.39 is 5.91 Å². The van der Waals surface area contributed by atoms with Gasteiger partial charge in [-0.2, -0.15) is 0 Å². The zero-order chi connectivity index (χ0) is 18.0. The van der Waals surface area contributed by atoms with Gasteiger partial charge in [0.05, 0.1) is 31.7 Å². The molecule has 0 spiro atoms. The topological polar surface area (TPSA) is 84.9 Å². The summed E-state index contributed by atoms with van der Waals surface area (Å²) in [7, 11) is 3.02. The van der Waals surface area contributed by atoms with Crippen molar-refractivity contribution in [3.8, 4) is 11.5 Å². The molecule has 2 aliphatic rings. The molecule has 0 aromatic heterocycles. The first kappa shape index (κ1) is 17.0. The lowest BCUT2D eigenvalue weighted by Crippen LogP contribution is -2.38. The molecule has 25 heavy (non-hydrogen) atoms. The Balaban J connectivity index is 1.69. The fraction of sp³-hybridized carbons (Fsp3) is 0.389. The molecule has 0 radical (unpaired) electrons. The van der Waals surface area contributed by atoms with Gasteiger partial charge in [0.2, 0.25) is 17.7 Å². The third-order valence-electron chi connectivity index (χ3n) is 4.58. The first-order valence-electron chi connectivity index (χ1n) is 8.07. The van der Waals surface area contributed by atoms with Gasteiger partial charge in [-0.3, -0.25) is 19.3 Å². The number of nitrogens with one attached hydrogen (secondary N) is 1. The lowest BCUT2D eigenvalue weighted by Gasteiger charge is -2.16. The fourth-order valence-corrected chi connectivity index (χ4v) is 3.26. The van der Waals surface area contributed by atoms with Gasteiger partial charge in [-0.15, -0.1) is 0 Å². The van der Waals surface area contributed by atoms with E-state index in [9.17, 15) is 14.4 Å². The minimum atomic E-state index is -0.447. The number of rotatable bonds is 5. The zero-order valence-electron chi connectivity index (χ0n) is 14.2. The Morgan fingerprint density at radius 3 is 2.32 bits per heavy atom. The van der Waals surface area contributed by atoms with Crippen LogP contribution in [0, 0.1) is 11.8 Å². The number of methoxy groups -OCH3 is 2. The Morgan fingerprint density at radius 1 is 1.12 bits per heavy atom. The molecule has 1 aromatic rings. The summed E-state index contributed by atoms with van der Waals surface area (Å²) in [5, 5.41) is 2.68. The molecule has 1 aromatic carbocycles. The van der Waals surface area contributed by atoms with Gasteiger partial charge in [0.15, 0.2) is 0 Å². The molecule has 7 nitrogen and oxygen atoms in total. The molecule has 1 aliphatic heterocycles. The number of hydrogen-bond acceptors (Lipinski definition) is 5. The highest BCUT2D eigenvalue weighted by Crippen LogP contribution is 2.35. The molecular weight excluding hydrogens is 324 g/mol. The van der Waals surface area contributed by atoms with E-state index in [1.807, 2.05) is 12.2 Å². The number of hydrogen-bond donors (Lipinski definition) is 1. The van der Waals surface area contributed by atoms with Gasteiger partial charge in [-0.1, -0.05) is 12.2 Å². The molecule has 132 valence electrons. The SMILES string of the molecule is COc1ccc(NC(=O)CN2C(=O)C3CC=CCC3C2=O)c(OC)c1. The standard InChI is InChI=1S/C18H20N2O5/c1-24-11-7-8-14(15(9-11)25-2)19-16(21)10-20-17(22)12-5-3-4-6-13(12)18(20)23/h3-4,7-9,12-13H,5-6,10H2,1-2H3,(H,19,21).